The summed E-state index contributed by atoms with van der Waals surface area (Å²) in [6, 6.07) is 8.71. The fourth-order valence-corrected chi connectivity index (χ4v) is 2.02. The van der Waals surface area contributed by atoms with Gasteiger partial charge in [-0.1, -0.05) is 6.92 Å². The molecule has 2 heterocycles. The van der Waals surface area contributed by atoms with Gasteiger partial charge in [0.2, 0.25) is 0 Å². The number of nitrogens with zero attached hydrogens (tertiary/aromatic N) is 3. The van der Waals surface area contributed by atoms with Gasteiger partial charge in [-0.05, 0) is 31.5 Å². The van der Waals surface area contributed by atoms with E-state index in [4.69, 9.17) is 4.42 Å². The summed E-state index contributed by atoms with van der Waals surface area (Å²) in [5, 5.41) is 9.66. The molecule has 3 aromatic rings. The van der Waals surface area contributed by atoms with Crippen molar-refractivity contribution < 1.29 is 4.42 Å². The van der Waals surface area contributed by atoms with Crippen LogP contribution in [-0.2, 0) is 6.42 Å². The van der Waals surface area contributed by atoms with E-state index in [1.165, 1.54) is 6.07 Å². The van der Waals surface area contributed by atoms with E-state index in [1.807, 2.05) is 26.0 Å². The first-order chi connectivity index (χ1) is 9.17. The lowest BCUT2D eigenvalue weighted by atomic mass is 10.2. The molecule has 0 unspecified atom stereocenters. The minimum absolute atomic E-state index is 0.358. The van der Waals surface area contributed by atoms with Gasteiger partial charge in [0.25, 0.3) is 0 Å². The molecule has 0 aliphatic rings. The van der Waals surface area contributed by atoms with Crippen molar-refractivity contribution in [1.29, 1.82) is 0 Å². The Morgan fingerprint density at radius 3 is 2.74 bits per heavy atom. The summed E-state index contributed by atoms with van der Waals surface area (Å²) < 4.78 is 5.16. The molecule has 3 rings (SSSR count). The number of benzene rings is 1. The SMILES string of the molecule is CCc1nn(-c2ccc3ccc(=O)oc3c2)nc1C. The molecule has 0 atom stereocenters. The van der Waals surface area contributed by atoms with E-state index in [-0.39, 0.29) is 5.63 Å². The van der Waals surface area contributed by atoms with Gasteiger partial charge in [0, 0.05) is 17.5 Å². The standard InChI is InChI=1S/C14H13N3O2/c1-3-12-9(2)15-17(16-12)11-6-4-10-5-7-14(18)19-13(10)8-11/h4-8H,3H2,1-2H3. The minimum Gasteiger partial charge on any atom is -0.423 e. The maximum Gasteiger partial charge on any atom is 0.336 e. The highest BCUT2D eigenvalue weighted by molar-refractivity contribution is 5.78. The summed E-state index contributed by atoms with van der Waals surface area (Å²) in [5.41, 5.74) is 2.85. The number of rotatable bonds is 2. The number of aromatic nitrogens is 3. The Morgan fingerprint density at radius 2 is 2.00 bits per heavy atom. The average molecular weight is 255 g/mol. The molecule has 2 aromatic heterocycles. The molecule has 1 aromatic carbocycles. The first-order valence-electron chi connectivity index (χ1n) is 6.14. The second-order valence-corrected chi connectivity index (χ2v) is 4.35. The highest BCUT2D eigenvalue weighted by Crippen LogP contribution is 2.16. The van der Waals surface area contributed by atoms with Gasteiger partial charge in [0.1, 0.15) is 5.58 Å². The van der Waals surface area contributed by atoms with Gasteiger partial charge in [-0.25, -0.2) is 4.79 Å². The first kappa shape index (κ1) is 11.6. The van der Waals surface area contributed by atoms with Crippen molar-refractivity contribution in [2.45, 2.75) is 20.3 Å². The minimum atomic E-state index is -0.358. The molecule has 0 spiro atoms. The Bertz CT molecular complexity index is 802. The fraction of sp³-hybridized carbons (Fsp3) is 0.214. The maximum atomic E-state index is 11.2. The molecule has 0 aliphatic carbocycles. The Morgan fingerprint density at radius 1 is 1.21 bits per heavy atom. The maximum absolute atomic E-state index is 11.2. The van der Waals surface area contributed by atoms with Crippen LogP contribution < -0.4 is 5.63 Å². The summed E-state index contributed by atoms with van der Waals surface area (Å²) in [6.07, 6.45) is 0.842. The van der Waals surface area contributed by atoms with Crippen LogP contribution in [0.1, 0.15) is 18.3 Å². The molecule has 96 valence electrons. The zero-order valence-electron chi connectivity index (χ0n) is 10.8. The van der Waals surface area contributed by atoms with Crippen molar-refractivity contribution >= 4 is 11.0 Å². The summed E-state index contributed by atoms with van der Waals surface area (Å²) in [5.74, 6) is 0. The van der Waals surface area contributed by atoms with Crippen molar-refractivity contribution in [2.24, 2.45) is 0 Å². The van der Waals surface area contributed by atoms with Crippen LogP contribution in [0.5, 0.6) is 0 Å². The quantitative estimate of drug-likeness (QED) is 0.659. The molecule has 0 radical (unpaired) electrons. The Labute approximate surface area is 109 Å². The molecule has 0 amide bonds. The van der Waals surface area contributed by atoms with Gasteiger partial charge in [-0.3, -0.25) is 0 Å². The molecule has 5 nitrogen and oxygen atoms in total. The fourth-order valence-electron chi connectivity index (χ4n) is 2.02. The van der Waals surface area contributed by atoms with Crippen molar-refractivity contribution in [3.8, 4) is 5.69 Å². The molecule has 0 bridgehead atoms. The van der Waals surface area contributed by atoms with E-state index >= 15 is 0 Å². The normalized spacial score (nSPS) is 11.1. The molecule has 5 heteroatoms. The van der Waals surface area contributed by atoms with Crippen LogP contribution in [0.15, 0.2) is 39.5 Å². The summed E-state index contributed by atoms with van der Waals surface area (Å²) >= 11 is 0. The molecule has 0 N–H and O–H groups in total. The number of aryl methyl sites for hydroxylation is 2. The highest BCUT2D eigenvalue weighted by Gasteiger charge is 2.07. The molecule has 19 heavy (non-hydrogen) atoms. The third-order valence-corrected chi connectivity index (χ3v) is 3.05. The highest BCUT2D eigenvalue weighted by atomic mass is 16.4. The Hall–Kier alpha value is -2.43. The lowest BCUT2D eigenvalue weighted by Gasteiger charge is -2.01. The second kappa shape index (κ2) is 4.35. The van der Waals surface area contributed by atoms with Gasteiger partial charge >= 0.3 is 5.63 Å². The Balaban J connectivity index is 2.16. The zero-order chi connectivity index (χ0) is 13.4. The summed E-state index contributed by atoms with van der Waals surface area (Å²) in [4.78, 5) is 12.8. The third kappa shape index (κ3) is 2.03. The van der Waals surface area contributed by atoms with E-state index in [9.17, 15) is 4.79 Å². The molecule has 0 saturated heterocycles. The Kier molecular flexibility index (Phi) is 2.67. The van der Waals surface area contributed by atoms with Crippen LogP contribution in [0, 0.1) is 6.92 Å². The topological polar surface area (TPSA) is 60.9 Å². The van der Waals surface area contributed by atoms with E-state index in [0.717, 1.165) is 28.9 Å². The number of hydrogen-bond acceptors (Lipinski definition) is 4. The lowest BCUT2D eigenvalue weighted by Crippen LogP contribution is -2.00. The monoisotopic (exact) mass is 255 g/mol. The summed E-state index contributed by atoms with van der Waals surface area (Å²) in [7, 11) is 0. The van der Waals surface area contributed by atoms with E-state index in [2.05, 4.69) is 10.2 Å². The van der Waals surface area contributed by atoms with Crippen LogP contribution in [0.3, 0.4) is 0 Å². The molecule has 0 fully saturated rings. The van der Waals surface area contributed by atoms with Gasteiger partial charge in [-0.15, -0.1) is 0 Å². The van der Waals surface area contributed by atoms with Crippen LogP contribution in [0.25, 0.3) is 16.7 Å². The predicted molar refractivity (Wildman–Crippen MR) is 71.5 cm³/mol. The zero-order valence-corrected chi connectivity index (χ0v) is 10.8. The number of fused-ring (bicyclic) bond motifs is 1. The van der Waals surface area contributed by atoms with Gasteiger partial charge in [0.05, 0.1) is 17.1 Å². The van der Waals surface area contributed by atoms with Crippen molar-refractivity contribution in [2.75, 3.05) is 0 Å². The molecular weight excluding hydrogens is 242 g/mol. The smallest absolute Gasteiger partial charge is 0.336 e. The van der Waals surface area contributed by atoms with E-state index in [1.54, 1.807) is 16.9 Å². The second-order valence-electron chi connectivity index (χ2n) is 4.35. The number of hydrogen-bond donors (Lipinski definition) is 0. The van der Waals surface area contributed by atoms with Gasteiger partial charge in [0.15, 0.2) is 0 Å². The van der Waals surface area contributed by atoms with E-state index < -0.39 is 0 Å². The van der Waals surface area contributed by atoms with Gasteiger partial charge < -0.3 is 4.42 Å². The first-order valence-corrected chi connectivity index (χ1v) is 6.14. The van der Waals surface area contributed by atoms with Crippen molar-refractivity contribution in [3.05, 3.63) is 52.1 Å². The van der Waals surface area contributed by atoms with Crippen LogP contribution in [-0.4, -0.2) is 15.0 Å². The predicted octanol–water partition coefficient (Wildman–Crippen LogP) is 2.24. The molecule has 0 aliphatic heterocycles. The van der Waals surface area contributed by atoms with Crippen LogP contribution in [0.2, 0.25) is 0 Å². The van der Waals surface area contributed by atoms with Crippen molar-refractivity contribution in [1.82, 2.24) is 15.0 Å². The average Bonchev–Trinajstić information content (AvgIpc) is 2.79. The van der Waals surface area contributed by atoms with Crippen LogP contribution >= 0.6 is 0 Å². The van der Waals surface area contributed by atoms with E-state index in [0.29, 0.717) is 5.58 Å². The molecular formula is C14H13N3O2. The van der Waals surface area contributed by atoms with Crippen molar-refractivity contribution in [3.63, 3.8) is 0 Å². The third-order valence-electron chi connectivity index (χ3n) is 3.05. The largest absolute Gasteiger partial charge is 0.423 e. The molecule has 0 saturated carbocycles. The van der Waals surface area contributed by atoms with Gasteiger partial charge in [-0.2, -0.15) is 15.0 Å². The van der Waals surface area contributed by atoms with Crippen LogP contribution in [0.4, 0.5) is 0 Å². The summed E-state index contributed by atoms with van der Waals surface area (Å²) in [6.45, 7) is 3.98. The lowest BCUT2D eigenvalue weighted by molar-refractivity contribution is 0.560.